The summed E-state index contributed by atoms with van der Waals surface area (Å²) >= 11 is 0. The maximum absolute atomic E-state index is 12.8. The molecule has 2 aliphatic rings. The largest absolute Gasteiger partial charge is 0.481 e. The van der Waals surface area contributed by atoms with Gasteiger partial charge in [-0.15, -0.1) is 0 Å². The molecule has 0 aromatic heterocycles. The van der Waals surface area contributed by atoms with E-state index in [0.29, 0.717) is 0 Å². The van der Waals surface area contributed by atoms with Crippen LogP contribution < -0.4 is 16.0 Å². The molecule has 178 valence electrons. The van der Waals surface area contributed by atoms with Crippen molar-refractivity contribution < 1.29 is 29.0 Å². The van der Waals surface area contributed by atoms with Crippen LogP contribution >= 0.6 is 0 Å². The normalized spacial score (nSPS) is 19.7. The van der Waals surface area contributed by atoms with E-state index in [9.17, 15) is 24.3 Å². The van der Waals surface area contributed by atoms with Gasteiger partial charge in [0.25, 0.3) is 0 Å². The highest BCUT2D eigenvalue weighted by molar-refractivity contribution is 5.96. The van der Waals surface area contributed by atoms with Gasteiger partial charge < -0.3 is 25.8 Å². The van der Waals surface area contributed by atoms with Gasteiger partial charge in [-0.05, 0) is 28.2 Å². The summed E-state index contributed by atoms with van der Waals surface area (Å²) in [5, 5.41) is 16.8. The predicted molar refractivity (Wildman–Crippen MR) is 123 cm³/mol. The van der Waals surface area contributed by atoms with Gasteiger partial charge >= 0.3 is 12.1 Å². The van der Waals surface area contributed by atoms with Crippen molar-refractivity contribution in [2.75, 3.05) is 13.2 Å². The monoisotopic (exact) mass is 465 g/mol. The summed E-state index contributed by atoms with van der Waals surface area (Å²) in [6, 6.07) is 13.7. The molecule has 1 aliphatic heterocycles. The van der Waals surface area contributed by atoms with E-state index in [1.165, 1.54) is 0 Å². The van der Waals surface area contributed by atoms with E-state index >= 15 is 0 Å². The SMILES string of the molecule is CC(C)[C@@H](NC(=O)OCC1c2ccccc2-c2ccccc21)C(=O)NC1C(=O)NCC1C(=O)O. The van der Waals surface area contributed by atoms with E-state index in [-0.39, 0.29) is 25.0 Å². The second-order valence-corrected chi connectivity index (χ2v) is 8.87. The smallest absolute Gasteiger partial charge is 0.407 e. The van der Waals surface area contributed by atoms with Crippen LogP contribution in [-0.4, -0.2) is 54.2 Å². The number of rotatable bonds is 7. The Hall–Kier alpha value is -3.88. The number of carbonyl (C=O) groups excluding carboxylic acids is 3. The number of amides is 3. The second-order valence-electron chi connectivity index (χ2n) is 8.87. The number of ether oxygens (including phenoxy) is 1. The summed E-state index contributed by atoms with van der Waals surface area (Å²) in [4.78, 5) is 48.8. The molecular formula is C25H27N3O6. The summed E-state index contributed by atoms with van der Waals surface area (Å²) in [6.07, 6.45) is -0.763. The Balaban J connectivity index is 1.41. The Kier molecular flexibility index (Phi) is 6.54. The van der Waals surface area contributed by atoms with Crippen molar-refractivity contribution in [3.8, 4) is 11.1 Å². The van der Waals surface area contributed by atoms with E-state index in [1.807, 2.05) is 48.5 Å². The standard InChI is InChI=1S/C25H27N3O6/c1-13(2)20(23(30)27-21-18(24(31)32)11-26-22(21)29)28-25(33)34-12-19-16-9-5-3-7-14(16)15-8-4-6-10-17(15)19/h3-10,13,18-21H,11-12H2,1-2H3,(H,26,29)(H,27,30)(H,28,33)(H,31,32)/t18?,20-,21?/m1/s1. The molecule has 0 spiro atoms. The molecule has 2 unspecified atom stereocenters. The van der Waals surface area contributed by atoms with Crippen LogP contribution in [0.25, 0.3) is 11.1 Å². The molecular weight excluding hydrogens is 438 g/mol. The number of aliphatic carboxylic acids is 1. The number of nitrogens with one attached hydrogen (secondary N) is 3. The zero-order valence-electron chi connectivity index (χ0n) is 18.9. The molecule has 4 rings (SSSR count). The first-order valence-corrected chi connectivity index (χ1v) is 11.2. The highest BCUT2D eigenvalue weighted by atomic mass is 16.5. The topological polar surface area (TPSA) is 134 Å². The van der Waals surface area contributed by atoms with Gasteiger partial charge in [0.1, 0.15) is 24.6 Å². The van der Waals surface area contributed by atoms with Gasteiger partial charge in [-0.3, -0.25) is 14.4 Å². The van der Waals surface area contributed by atoms with E-state index in [1.54, 1.807) is 13.8 Å². The molecule has 0 bridgehead atoms. The van der Waals surface area contributed by atoms with E-state index in [2.05, 4.69) is 16.0 Å². The average Bonchev–Trinajstić information content (AvgIpc) is 3.33. The third kappa shape index (κ3) is 4.46. The van der Waals surface area contributed by atoms with Crippen LogP contribution in [0, 0.1) is 11.8 Å². The number of benzene rings is 2. The van der Waals surface area contributed by atoms with Crippen LogP contribution in [-0.2, 0) is 19.1 Å². The lowest BCUT2D eigenvalue weighted by atomic mass is 9.98. The fraction of sp³-hybridized carbons (Fsp3) is 0.360. The number of hydrogen-bond acceptors (Lipinski definition) is 5. The molecule has 0 radical (unpaired) electrons. The lowest BCUT2D eigenvalue weighted by molar-refractivity contribution is -0.143. The van der Waals surface area contributed by atoms with Crippen molar-refractivity contribution in [1.29, 1.82) is 0 Å². The first-order valence-electron chi connectivity index (χ1n) is 11.2. The number of alkyl carbamates (subject to hydrolysis) is 1. The van der Waals surface area contributed by atoms with Crippen LogP contribution in [0.15, 0.2) is 48.5 Å². The molecule has 2 aromatic rings. The van der Waals surface area contributed by atoms with Gasteiger partial charge in [0.2, 0.25) is 11.8 Å². The third-order valence-corrected chi connectivity index (χ3v) is 6.36. The second kappa shape index (κ2) is 9.54. The molecule has 9 heteroatoms. The minimum absolute atomic E-state index is 0.0642. The van der Waals surface area contributed by atoms with Crippen LogP contribution in [0.5, 0.6) is 0 Å². The zero-order chi connectivity index (χ0) is 24.4. The van der Waals surface area contributed by atoms with Crippen LogP contribution in [0.3, 0.4) is 0 Å². The fourth-order valence-corrected chi connectivity index (χ4v) is 4.56. The number of fused-ring (bicyclic) bond motifs is 3. The number of hydrogen-bond donors (Lipinski definition) is 4. The average molecular weight is 466 g/mol. The molecule has 1 aliphatic carbocycles. The lowest BCUT2D eigenvalue weighted by Gasteiger charge is -2.24. The van der Waals surface area contributed by atoms with Crippen molar-refractivity contribution in [1.82, 2.24) is 16.0 Å². The first-order chi connectivity index (χ1) is 16.3. The molecule has 2 aromatic carbocycles. The Morgan fingerprint density at radius 3 is 2.21 bits per heavy atom. The minimum atomic E-state index is -1.20. The fourth-order valence-electron chi connectivity index (χ4n) is 4.56. The Morgan fingerprint density at radius 1 is 1.06 bits per heavy atom. The van der Waals surface area contributed by atoms with Crippen molar-refractivity contribution in [2.45, 2.75) is 31.8 Å². The van der Waals surface area contributed by atoms with Crippen LogP contribution in [0.4, 0.5) is 4.79 Å². The van der Waals surface area contributed by atoms with E-state index < -0.39 is 41.9 Å². The summed E-state index contributed by atoms with van der Waals surface area (Å²) in [7, 11) is 0. The van der Waals surface area contributed by atoms with Gasteiger partial charge in [0.15, 0.2) is 0 Å². The van der Waals surface area contributed by atoms with Gasteiger partial charge in [0.05, 0.1) is 0 Å². The lowest BCUT2D eigenvalue weighted by Crippen LogP contribution is -2.55. The highest BCUT2D eigenvalue weighted by Crippen LogP contribution is 2.44. The van der Waals surface area contributed by atoms with Crippen molar-refractivity contribution in [3.63, 3.8) is 0 Å². The zero-order valence-corrected chi connectivity index (χ0v) is 18.9. The molecule has 4 N–H and O–H groups in total. The summed E-state index contributed by atoms with van der Waals surface area (Å²) in [5.74, 6) is -3.91. The van der Waals surface area contributed by atoms with Crippen molar-refractivity contribution in [2.24, 2.45) is 11.8 Å². The van der Waals surface area contributed by atoms with E-state index in [4.69, 9.17) is 4.74 Å². The maximum atomic E-state index is 12.8. The van der Waals surface area contributed by atoms with Gasteiger partial charge in [-0.2, -0.15) is 0 Å². The van der Waals surface area contributed by atoms with Gasteiger partial charge in [-0.1, -0.05) is 62.4 Å². The number of carboxylic acid groups (broad SMARTS) is 1. The maximum Gasteiger partial charge on any atom is 0.407 e. The molecule has 1 saturated heterocycles. The molecule has 1 fully saturated rings. The molecule has 3 atom stereocenters. The van der Waals surface area contributed by atoms with E-state index in [0.717, 1.165) is 22.3 Å². The Labute approximate surface area is 196 Å². The number of carboxylic acids is 1. The molecule has 3 amide bonds. The van der Waals surface area contributed by atoms with Crippen LogP contribution in [0.1, 0.15) is 30.9 Å². The molecule has 0 saturated carbocycles. The summed E-state index contributed by atoms with van der Waals surface area (Å²) < 4.78 is 5.52. The van der Waals surface area contributed by atoms with Gasteiger partial charge in [0, 0.05) is 12.5 Å². The number of carbonyl (C=O) groups is 4. The Bertz CT molecular complexity index is 1090. The van der Waals surface area contributed by atoms with Gasteiger partial charge in [-0.25, -0.2) is 4.79 Å². The minimum Gasteiger partial charge on any atom is -0.481 e. The first kappa shape index (κ1) is 23.3. The Morgan fingerprint density at radius 2 is 1.65 bits per heavy atom. The summed E-state index contributed by atoms with van der Waals surface area (Å²) in [6.45, 7) is 3.50. The quantitative estimate of drug-likeness (QED) is 0.493. The van der Waals surface area contributed by atoms with Crippen LogP contribution in [0.2, 0.25) is 0 Å². The third-order valence-electron chi connectivity index (χ3n) is 6.36. The molecule has 1 heterocycles. The predicted octanol–water partition coefficient (Wildman–Crippen LogP) is 1.87. The highest BCUT2D eigenvalue weighted by Gasteiger charge is 2.42. The van der Waals surface area contributed by atoms with Crippen molar-refractivity contribution >= 4 is 23.9 Å². The molecule has 9 nitrogen and oxygen atoms in total. The summed E-state index contributed by atoms with van der Waals surface area (Å²) in [5.41, 5.74) is 4.35. The van der Waals surface area contributed by atoms with Crippen molar-refractivity contribution in [3.05, 3.63) is 59.7 Å². The molecule has 34 heavy (non-hydrogen) atoms.